The van der Waals surface area contributed by atoms with Crippen molar-refractivity contribution in [1.82, 2.24) is 19.9 Å². The van der Waals surface area contributed by atoms with Gasteiger partial charge in [0.05, 0.1) is 0 Å². The Balaban J connectivity index is 1.82. The summed E-state index contributed by atoms with van der Waals surface area (Å²) >= 11 is 3.04. The summed E-state index contributed by atoms with van der Waals surface area (Å²) in [5.41, 5.74) is 1.01. The SMILES string of the molecule is CC(=O)Cc1ccc(Sc2nc(CC(C)C)nc(Nc3ncc(C)s3)n2)cc1. The van der Waals surface area contributed by atoms with Crippen molar-refractivity contribution in [3.8, 4) is 0 Å². The minimum Gasteiger partial charge on any atom is -0.300 e. The molecule has 0 fully saturated rings. The quantitative estimate of drug-likeness (QED) is 0.565. The summed E-state index contributed by atoms with van der Waals surface area (Å²) in [6.45, 7) is 7.89. The van der Waals surface area contributed by atoms with Crippen LogP contribution in [0.25, 0.3) is 0 Å². The summed E-state index contributed by atoms with van der Waals surface area (Å²) in [5.74, 6) is 1.87. The average Bonchev–Trinajstić information content (AvgIpc) is 3.00. The molecular weight excluding hydrogens is 390 g/mol. The summed E-state index contributed by atoms with van der Waals surface area (Å²) in [5, 5.41) is 4.60. The fraction of sp³-hybridized carbons (Fsp3) is 0.350. The lowest BCUT2D eigenvalue weighted by molar-refractivity contribution is -0.116. The number of benzene rings is 1. The van der Waals surface area contributed by atoms with Crippen LogP contribution in [0.15, 0.2) is 40.5 Å². The number of anilines is 2. The van der Waals surface area contributed by atoms with Crippen molar-refractivity contribution in [2.45, 2.75) is 50.6 Å². The monoisotopic (exact) mass is 413 g/mol. The van der Waals surface area contributed by atoms with Crippen LogP contribution in [0.1, 0.15) is 37.0 Å². The van der Waals surface area contributed by atoms with Crippen LogP contribution in [0.2, 0.25) is 0 Å². The predicted octanol–water partition coefficient (Wildman–Crippen LogP) is 4.86. The molecule has 1 N–H and O–H groups in total. The van der Waals surface area contributed by atoms with E-state index in [-0.39, 0.29) is 5.78 Å². The van der Waals surface area contributed by atoms with Gasteiger partial charge in [0.25, 0.3) is 0 Å². The Hall–Kier alpha value is -2.32. The molecule has 0 bridgehead atoms. The standard InChI is InChI=1S/C20H23N5OS2/c1-12(2)9-17-22-18(24-19-21-11-14(4)27-19)25-20(23-17)28-16-7-5-15(6-8-16)10-13(3)26/h5-8,11-12H,9-10H2,1-4H3,(H,21,22,23,24,25). The fourth-order valence-corrected chi connectivity index (χ4v) is 3.96. The van der Waals surface area contributed by atoms with Crippen molar-refractivity contribution >= 4 is 40.0 Å². The van der Waals surface area contributed by atoms with Gasteiger partial charge in [-0.3, -0.25) is 10.1 Å². The smallest absolute Gasteiger partial charge is 0.233 e. The molecule has 0 aliphatic rings. The summed E-state index contributed by atoms with van der Waals surface area (Å²) in [4.78, 5) is 31.4. The first kappa shape index (κ1) is 20.4. The molecule has 0 amide bonds. The number of nitrogens with one attached hydrogen (secondary N) is 1. The molecule has 3 rings (SSSR count). The molecule has 28 heavy (non-hydrogen) atoms. The van der Waals surface area contributed by atoms with Gasteiger partial charge in [-0.25, -0.2) is 9.97 Å². The van der Waals surface area contributed by atoms with Crippen molar-refractivity contribution in [2.75, 3.05) is 5.32 Å². The Kier molecular flexibility index (Phi) is 6.74. The molecule has 146 valence electrons. The van der Waals surface area contributed by atoms with Gasteiger partial charge in [-0.05, 0) is 49.2 Å². The number of ketones is 1. The van der Waals surface area contributed by atoms with Gasteiger partial charge in [0, 0.05) is 28.8 Å². The molecule has 0 saturated heterocycles. The van der Waals surface area contributed by atoms with E-state index in [1.54, 1.807) is 18.3 Å². The van der Waals surface area contributed by atoms with Crippen molar-refractivity contribution in [3.05, 3.63) is 46.7 Å². The lowest BCUT2D eigenvalue weighted by atomic mass is 10.1. The van der Waals surface area contributed by atoms with Crippen LogP contribution < -0.4 is 5.32 Å². The average molecular weight is 414 g/mol. The van der Waals surface area contributed by atoms with Gasteiger partial charge in [-0.15, -0.1) is 11.3 Å². The lowest BCUT2D eigenvalue weighted by Crippen LogP contribution is -2.07. The first-order valence-corrected chi connectivity index (χ1v) is 10.7. The number of hydrogen-bond donors (Lipinski definition) is 1. The minimum atomic E-state index is 0.157. The van der Waals surface area contributed by atoms with Crippen LogP contribution in [-0.2, 0) is 17.6 Å². The van der Waals surface area contributed by atoms with E-state index in [1.807, 2.05) is 37.4 Å². The van der Waals surface area contributed by atoms with Crippen LogP contribution in [0.3, 0.4) is 0 Å². The molecule has 3 aromatic rings. The molecular formula is C20H23N5OS2. The van der Waals surface area contributed by atoms with Gasteiger partial charge in [0.2, 0.25) is 5.95 Å². The number of Topliss-reactive ketones (excluding diaryl/α,β-unsaturated/α-hetero) is 1. The lowest BCUT2D eigenvalue weighted by Gasteiger charge is -2.09. The Morgan fingerprint density at radius 1 is 1.18 bits per heavy atom. The van der Waals surface area contributed by atoms with Crippen molar-refractivity contribution < 1.29 is 4.79 Å². The number of carbonyl (C=O) groups excluding carboxylic acids is 1. The number of rotatable bonds is 8. The van der Waals surface area contributed by atoms with Gasteiger partial charge < -0.3 is 0 Å². The summed E-state index contributed by atoms with van der Waals surface area (Å²) in [6.07, 6.45) is 3.05. The summed E-state index contributed by atoms with van der Waals surface area (Å²) < 4.78 is 0. The highest BCUT2D eigenvalue weighted by molar-refractivity contribution is 7.99. The maximum atomic E-state index is 11.3. The number of aromatic nitrogens is 4. The third kappa shape index (κ3) is 6.10. The van der Waals surface area contributed by atoms with Gasteiger partial charge in [-0.1, -0.05) is 26.0 Å². The van der Waals surface area contributed by atoms with Crippen molar-refractivity contribution in [2.24, 2.45) is 5.92 Å². The number of aryl methyl sites for hydroxylation is 1. The molecule has 0 aliphatic heterocycles. The summed E-state index contributed by atoms with van der Waals surface area (Å²) in [6, 6.07) is 7.92. The van der Waals surface area contributed by atoms with E-state index in [4.69, 9.17) is 0 Å². The van der Waals surface area contributed by atoms with Crippen LogP contribution >= 0.6 is 23.1 Å². The molecule has 0 unspecified atom stereocenters. The van der Waals surface area contributed by atoms with Gasteiger partial charge >= 0.3 is 0 Å². The second kappa shape index (κ2) is 9.25. The normalized spacial score (nSPS) is 11.0. The maximum Gasteiger partial charge on any atom is 0.233 e. The molecule has 6 nitrogen and oxygen atoms in total. The predicted molar refractivity (Wildman–Crippen MR) is 113 cm³/mol. The third-order valence-corrected chi connectivity index (χ3v) is 5.38. The molecule has 2 heterocycles. The number of carbonyl (C=O) groups is 1. The Morgan fingerprint density at radius 2 is 1.93 bits per heavy atom. The van der Waals surface area contributed by atoms with E-state index in [0.717, 1.165) is 32.7 Å². The van der Waals surface area contributed by atoms with Crippen LogP contribution in [0, 0.1) is 12.8 Å². The molecule has 8 heteroatoms. The van der Waals surface area contributed by atoms with Gasteiger partial charge in [0.1, 0.15) is 11.6 Å². The van der Waals surface area contributed by atoms with Crippen LogP contribution in [0.4, 0.5) is 11.1 Å². The Bertz CT molecular complexity index is 953. The highest BCUT2D eigenvalue weighted by atomic mass is 32.2. The largest absolute Gasteiger partial charge is 0.300 e. The zero-order chi connectivity index (χ0) is 20.1. The van der Waals surface area contributed by atoms with Crippen LogP contribution in [-0.4, -0.2) is 25.7 Å². The van der Waals surface area contributed by atoms with Gasteiger partial charge in [-0.2, -0.15) is 9.97 Å². The first-order valence-electron chi connectivity index (χ1n) is 9.08. The number of thiazole rings is 1. The highest BCUT2D eigenvalue weighted by Crippen LogP contribution is 2.27. The van der Waals surface area contributed by atoms with Crippen molar-refractivity contribution in [1.29, 1.82) is 0 Å². The first-order chi connectivity index (χ1) is 13.4. The van der Waals surface area contributed by atoms with E-state index in [9.17, 15) is 4.79 Å². The fourth-order valence-electron chi connectivity index (χ4n) is 2.53. The molecule has 0 aliphatic carbocycles. The van der Waals surface area contributed by atoms with E-state index >= 15 is 0 Å². The minimum absolute atomic E-state index is 0.157. The number of hydrogen-bond acceptors (Lipinski definition) is 8. The molecule has 2 aromatic heterocycles. The van der Waals surface area contributed by atoms with E-state index in [2.05, 4.69) is 39.1 Å². The Labute approximate surface area is 173 Å². The van der Waals surface area contributed by atoms with Crippen LogP contribution in [0.5, 0.6) is 0 Å². The van der Waals surface area contributed by atoms with E-state index in [0.29, 0.717) is 23.4 Å². The highest BCUT2D eigenvalue weighted by Gasteiger charge is 2.11. The molecule has 1 aromatic carbocycles. The molecule has 0 radical (unpaired) electrons. The topological polar surface area (TPSA) is 80.7 Å². The molecule has 0 saturated carbocycles. The van der Waals surface area contributed by atoms with E-state index < -0.39 is 0 Å². The second-order valence-electron chi connectivity index (χ2n) is 6.98. The second-order valence-corrected chi connectivity index (χ2v) is 9.26. The zero-order valence-electron chi connectivity index (χ0n) is 16.4. The molecule has 0 spiro atoms. The van der Waals surface area contributed by atoms with E-state index in [1.165, 1.54) is 11.8 Å². The molecule has 0 atom stereocenters. The van der Waals surface area contributed by atoms with Gasteiger partial charge in [0.15, 0.2) is 10.3 Å². The zero-order valence-corrected chi connectivity index (χ0v) is 18.0. The summed E-state index contributed by atoms with van der Waals surface area (Å²) in [7, 11) is 0. The Morgan fingerprint density at radius 3 is 2.54 bits per heavy atom. The number of nitrogens with zero attached hydrogens (tertiary/aromatic N) is 4. The maximum absolute atomic E-state index is 11.3. The van der Waals surface area contributed by atoms with Crippen molar-refractivity contribution in [3.63, 3.8) is 0 Å². The third-order valence-electron chi connectivity index (χ3n) is 3.68.